The molecule has 6 nitrogen and oxygen atoms in total. The van der Waals surface area contributed by atoms with E-state index >= 15 is 0 Å². The van der Waals surface area contributed by atoms with Gasteiger partial charge in [-0.25, -0.2) is 9.97 Å². The summed E-state index contributed by atoms with van der Waals surface area (Å²) in [5.74, 6) is 0.430. The number of nitrogens with zero attached hydrogens (tertiary/aromatic N) is 2. The maximum Gasteiger partial charge on any atom is 0.251 e. The van der Waals surface area contributed by atoms with Crippen molar-refractivity contribution in [2.75, 3.05) is 11.1 Å². The number of anilines is 3. The van der Waals surface area contributed by atoms with E-state index in [1.807, 2.05) is 43.3 Å². The minimum absolute atomic E-state index is 0.0550. The normalized spacial score (nSPS) is 10.8. The largest absolute Gasteiger partial charge is 0.398 e. The zero-order valence-electron chi connectivity index (χ0n) is 17.1. The Morgan fingerprint density at radius 1 is 1.07 bits per heavy atom. The second kappa shape index (κ2) is 9.19. The van der Waals surface area contributed by atoms with Crippen LogP contribution in [0.3, 0.4) is 0 Å². The zero-order valence-corrected chi connectivity index (χ0v) is 17.1. The average molecular weight is 390 g/mol. The number of carbonyl (C=O) groups is 1. The summed E-state index contributed by atoms with van der Waals surface area (Å²) in [5.41, 5.74) is 11.0. The van der Waals surface area contributed by atoms with Gasteiger partial charge in [-0.1, -0.05) is 26.0 Å². The van der Waals surface area contributed by atoms with Gasteiger partial charge in [0.2, 0.25) is 5.95 Å². The summed E-state index contributed by atoms with van der Waals surface area (Å²) in [6, 6.07) is 15.1. The third kappa shape index (κ3) is 4.90. The first-order valence-corrected chi connectivity index (χ1v) is 9.88. The second-order valence-corrected chi connectivity index (χ2v) is 6.97. The van der Waals surface area contributed by atoms with E-state index in [0.717, 1.165) is 41.0 Å². The van der Waals surface area contributed by atoms with Crippen LogP contribution < -0.4 is 16.4 Å². The predicted octanol–water partition coefficient (Wildman–Crippen LogP) is 4.70. The van der Waals surface area contributed by atoms with Crippen molar-refractivity contribution in [3.8, 4) is 11.3 Å². The summed E-state index contributed by atoms with van der Waals surface area (Å²) in [7, 11) is 0. The van der Waals surface area contributed by atoms with E-state index in [1.54, 1.807) is 18.3 Å². The Bertz CT molecular complexity index is 981. The van der Waals surface area contributed by atoms with Crippen LogP contribution >= 0.6 is 0 Å². The lowest BCUT2D eigenvalue weighted by Crippen LogP contribution is -2.33. The maximum atomic E-state index is 12.3. The summed E-state index contributed by atoms with van der Waals surface area (Å²) in [6.07, 6.45) is 3.55. The van der Waals surface area contributed by atoms with Crippen LogP contribution in [0.1, 0.15) is 42.6 Å². The van der Waals surface area contributed by atoms with Gasteiger partial charge in [0.15, 0.2) is 0 Å². The van der Waals surface area contributed by atoms with Gasteiger partial charge in [-0.15, -0.1) is 0 Å². The van der Waals surface area contributed by atoms with Crippen molar-refractivity contribution in [2.45, 2.75) is 39.7 Å². The lowest BCUT2D eigenvalue weighted by atomic mass is 10.0. The van der Waals surface area contributed by atoms with Crippen LogP contribution in [0.25, 0.3) is 11.3 Å². The van der Waals surface area contributed by atoms with Gasteiger partial charge in [0, 0.05) is 34.7 Å². The van der Waals surface area contributed by atoms with Crippen molar-refractivity contribution in [1.29, 1.82) is 0 Å². The van der Waals surface area contributed by atoms with Crippen molar-refractivity contribution in [3.63, 3.8) is 0 Å². The number of benzene rings is 2. The van der Waals surface area contributed by atoms with Gasteiger partial charge in [0.1, 0.15) is 0 Å². The molecule has 0 bridgehead atoms. The molecule has 0 aliphatic rings. The molecule has 2 aromatic carbocycles. The highest BCUT2D eigenvalue weighted by Crippen LogP contribution is 2.26. The van der Waals surface area contributed by atoms with Crippen molar-refractivity contribution in [3.05, 3.63) is 65.9 Å². The molecule has 1 heterocycles. The number of hydrogen-bond donors (Lipinski definition) is 3. The molecule has 0 unspecified atom stereocenters. The molecule has 0 aliphatic heterocycles. The fourth-order valence-electron chi connectivity index (χ4n) is 3.10. The molecule has 3 aromatic rings. The van der Waals surface area contributed by atoms with Crippen LogP contribution in [0.15, 0.2) is 54.7 Å². The van der Waals surface area contributed by atoms with Gasteiger partial charge in [-0.2, -0.15) is 0 Å². The Labute approximate surface area is 171 Å². The summed E-state index contributed by atoms with van der Waals surface area (Å²) in [5, 5.41) is 6.24. The average Bonchev–Trinajstić information content (AvgIpc) is 2.74. The Morgan fingerprint density at radius 3 is 2.48 bits per heavy atom. The van der Waals surface area contributed by atoms with Gasteiger partial charge in [-0.05, 0) is 61.7 Å². The number of rotatable bonds is 7. The quantitative estimate of drug-likeness (QED) is 0.510. The maximum absolute atomic E-state index is 12.3. The van der Waals surface area contributed by atoms with E-state index in [2.05, 4.69) is 34.4 Å². The molecule has 6 heteroatoms. The second-order valence-electron chi connectivity index (χ2n) is 6.97. The highest BCUT2D eigenvalue weighted by Gasteiger charge is 2.11. The molecule has 0 saturated heterocycles. The number of nitrogens with one attached hydrogen (secondary N) is 2. The Kier molecular flexibility index (Phi) is 6.44. The van der Waals surface area contributed by atoms with Crippen molar-refractivity contribution in [2.24, 2.45) is 0 Å². The van der Waals surface area contributed by atoms with E-state index in [-0.39, 0.29) is 11.9 Å². The molecule has 29 heavy (non-hydrogen) atoms. The number of aromatic nitrogens is 2. The third-order valence-corrected chi connectivity index (χ3v) is 5.03. The van der Waals surface area contributed by atoms with E-state index in [4.69, 9.17) is 5.73 Å². The van der Waals surface area contributed by atoms with Gasteiger partial charge >= 0.3 is 0 Å². The molecule has 0 radical (unpaired) electrons. The molecular weight excluding hydrogens is 362 g/mol. The summed E-state index contributed by atoms with van der Waals surface area (Å²) >= 11 is 0. The first-order valence-electron chi connectivity index (χ1n) is 9.88. The number of nitrogen functional groups attached to an aromatic ring is 1. The van der Waals surface area contributed by atoms with Gasteiger partial charge < -0.3 is 16.4 Å². The molecule has 0 fully saturated rings. The SMILES string of the molecule is CCC(CC)NC(=O)c1ccc(Nc2nccc(-c3cccc(N)c3C)n2)cc1. The molecule has 0 aliphatic carbocycles. The highest BCUT2D eigenvalue weighted by molar-refractivity contribution is 5.94. The first-order chi connectivity index (χ1) is 14.0. The molecule has 0 saturated carbocycles. The van der Waals surface area contributed by atoms with E-state index in [9.17, 15) is 4.79 Å². The number of amides is 1. The van der Waals surface area contributed by atoms with Gasteiger partial charge in [0.05, 0.1) is 5.69 Å². The molecule has 4 N–H and O–H groups in total. The summed E-state index contributed by atoms with van der Waals surface area (Å²) < 4.78 is 0. The lowest BCUT2D eigenvalue weighted by Gasteiger charge is -2.15. The number of carbonyl (C=O) groups excluding carboxylic acids is 1. The lowest BCUT2D eigenvalue weighted by molar-refractivity contribution is 0.0935. The number of hydrogen-bond acceptors (Lipinski definition) is 5. The Hall–Kier alpha value is -3.41. The molecule has 0 spiro atoms. The van der Waals surface area contributed by atoms with Crippen LogP contribution in [0.2, 0.25) is 0 Å². The zero-order chi connectivity index (χ0) is 20.8. The fourth-order valence-corrected chi connectivity index (χ4v) is 3.10. The Balaban J connectivity index is 1.74. The van der Waals surface area contributed by atoms with E-state index in [0.29, 0.717) is 11.5 Å². The predicted molar refractivity (Wildman–Crippen MR) is 118 cm³/mol. The van der Waals surface area contributed by atoms with Crippen LogP contribution in [-0.2, 0) is 0 Å². The minimum Gasteiger partial charge on any atom is -0.398 e. The third-order valence-electron chi connectivity index (χ3n) is 5.03. The minimum atomic E-state index is -0.0550. The van der Waals surface area contributed by atoms with Gasteiger partial charge in [-0.3, -0.25) is 4.79 Å². The summed E-state index contributed by atoms with van der Waals surface area (Å²) in [6.45, 7) is 6.12. The standard InChI is InChI=1S/C23H27N5O/c1-4-17(5-2)26-22(29)16-9-11-18(12-10-16)27-23-25-14-13-21(28-23)19-7-6-8-20(24)15(19)3/h6-14,17H,4-5,24H2,1-3H3,(H,26,29)(H,25,27,28). The van der Waals surface area contributed by atoms with Crippen LogP contribution in [0.5, 0.6) is 0 Å². The van der Waals surface area contributed by atoms with Crippen LogP contribution in [0.4, 0.5) is 17.3 Å². The molecule has 0 atom stereocenters. The monoisotopic (exact) mass is 389 g/mol. The fraction of sp³-hybridized carbons (Fsp3) is 0.261. The van der Waals surface area contributed by atoms with E-state index < -0.39 is 0 Å². The van der Waals surface area contributed by atoms with E-state index in [1.165, 1.54) is 0 Å². The molecular formula is C23H27N5O. The molecule has 150 valence electrons. The molecule has 1 amide bonds. The van der Waals surface area contributed by atoms with Crippen LogP contribution in [0, 0.1) is 6.92 Å². The smallest absolute Gasteiger partial charge is 0.251 e. The number of nitrogens with two attached hydrogens (primary N) is 1. The topological polar surface area (TPSA) is 92.9 Å². The molecule has 1 aromatic heterocycles. The first kappa shape index (κ1) is 20.3. The molecule has 3 rings (SSSR count). The van der Waals surface area contributed by atoms with Gasteiger partial charge in [0.25, 0.3) is 5.91 Å². The van der Waals surface area contributed by atoms with Crippen molar-refractivity contribution in [1.82, 2.24) is 15.3 Å². The summed E-state index contributed by atoms with van der Waals surface area (Å²) in [4.78, 5) is 21.2. The highest BCUT2D eigenvalue weighted by atomic mass is 16.1. The van der Waals surface area contributed by atoms with Crippen molar-refractivity contribution < 1.29 is 4.79 Å². The van der Waals surface area contributed by atoms with Crippen LogP contribution in [-0.4, -0.2) is 21.9 Å². The van der Waals surface area contributed by atoms with Crippen molar-refractivity contribution >= 4 is 23.2 Å². The Morgan fingerprint density at radius 2 is 1.79 bits per heavy atom.